The summed E-state index contributed by atoms with van der Waals surface area (Å²) in [5.41, 5.74) is 1.00. The summed E-state index contributed by atoms with van der Waals surface area (Å²) in [5, 5.41) is 0. The Kier molecular flexibility index (Phi) is 5.14. The molecule has 0 aromatic heterocycles. The Bertz CT molecular complexity index is 650. The number of hydrogen-bond donors (Lipinski definition) is 0. The van der Waals surface area contributed by atoms with Gasteiger partial charge in [-0.25, -0.2) is 12.8 Å². The Morgan fingerprint density at radius 2 is 1.83 bits per heavy atom. The summed E-state index contributed by atoms with van der Waals surface area (Å²) in [6.07, 6.45) is 4.89. The first-order chi connectivity index (χ1) is 11.0. The van der Waals surface area contributed by atoms with Gasteiger partial charge in [0.05, 0.1) is 11.5 Å². The van der Waals surface area contributed by atoms with Crippen molar-refractivity contribution in [2.75, 3.05) is 44.2 Å². The maximum Gasteiger partial charge on any atom is 0.151 e. The van der Waals surface area contributed by atoms with Crippen LogP contribution in [-0.4, -0.2) is 68.5 Å². The normalized spacial score (nSPS) is 26.0. The van der Waals surface area contributed by atoms with Crippen molar-refractivity contribution in [3.05, 3.63) is 41.7 Å². The van der Waals surface area contributed by atoms with Gasteiger partial charge in [-0.2, -0.15) is 0 Å². The van der Waals surface area contributed by atoms with Crippen molar-refractivity contribution < 1.29 is 12.8 Å². The lowest BCUT2D eigenvalue weighted by molar-refractivity contribution is 0.112. The average Bonchev–Trinajstić information content (AvgIpc) is 2.90. The highest BCUT2D eigenvalue weighted by Gasteiger charge is 2.33. The molecule has 0 unspecified atom stereocenters. The van der Waals surface area contributed by atoms with Gasteiger partial charge in [-0.15, -0.1) is 0 Å². The van der Waals surface area contributed by atoms with Gasteiger partial charge in [0.1, 0.15) is 5.82 Å². The van der Waals surface area contributed by atoms with E-state index in [0.29, 0.717) is 11.5 Å². The van der Waals surface area contributed by atoms with Gasteiger partial charge in [-0.1, -0.05) is 24.3 Å². The third-order valence-corrected chi connectivity index (χ3v) is 6.43. The van der Waals surface area contributed by atoms with E-state index in [1.807, 2.05) is 6.08 Å². The first kappa shape index (κ1) is 16.6. The van der Waals surface area contributed by atoms with E-state index < -0.39 is 9.84 Å². The van der Waals surface area contributed by atoms with Gasteiger partial charge in [-0.05, 0) is 24.1 Å². The molecule has 4 nitrogen and oxygen atoms in total. The highest BCUT2D eigenvalue weighted by atomic mass is 32.2. The van der Waals surface area contributed by atoms with Crippen molar-refractivity contribution in [1.29, 1.82) is 0 Å². The van der Waals surface area contributed by atoms with E-state index in [2.05, 4.69) is 15.9 Å². The minimum Gasteiger partial charge on any atom is -0.297 e. The Hall–Kier alpha value is -1.24. The number of benzene rings is 1. The highest BCUT2D eigenvalue weighted by molar-refractivity contribution is 7.91. The molecule has 0 spiro atoms. The first-order valence-electron chi connectivity index (χ1n) is 8.11. The summed E-state index contributed by atoms with van der Waals surface area (Å²) in [4.78, 5) is 4.69. The molecular formula is C17H23FN2O2S. The van der Waals surface area contributed by atoms with Crippen molar-refractivity contribution in [3.63, 3.8) is 0 Å². The molecule has 1 atom stereocenters. The fourth-order valence-electron chi connectivity index (χ4n) is 3.29. The van der Waals surface area contributed by atoms with Gasteiger partial charge in [0.15, 0.2) is 9.84 Å². The second-order valence-corrected chi connectivity index (χ2v) is 8.58. The van der Waals surface area contributed by atoms with Crippen molar-refractivity contribution in [3.8, 4) is 0 Å². The van der Waals surface area contributed by atoms with E-state index in [1.54, 1.807) is 12.1 Å². The lowest BCUT2D eigenvalue weighted by Crippen LogP contribution is -2.50. The zero-order valence-electron chi connectivity index (χ0n) is 13.2. The predicted molar refractivity (Wildman–Crippen MR) is 90.5 cm³/mol. The zero-order valence-corrected chi connectivity index (χ0v) is 14.0. The molecule has 2 aliphatic rings. The predicted octanol–water partition coefficient (Wildman–Crippen LogP) is 1.64. The van der Waals surface area contributed by atoms with E-state index in [-0.39, 0.29) is 11.9 Å². The van der Waals surface area contributed by atoms with E-state index in [0.717, 1.165) is 44.7 Å². The van der Waals surface area contributed by atoms with Gasteiger partial charge in [0, 0.05) is 38.8 Å². The summed E-state index contributed by atoms with van der Waals surface area (Å²) < 4.78 is 36.0. The molecule has 0 radical (unpaired) electrons. The summed E-state index contributed by atoms with van der Waals surface area (Å²) in [6.45, 7) is 4.66. The Morgan fingerprint density at radius 3 is 2.43 bits per heavy atom. The maximum atomic E-state index is 12.8. The topological polar surface area (TPSA) is 40.6 Å². The molecule has 1 aromatic rings. The largest absolute Gasteiger partial charge is 0.297 e. The van der Waals surface area contributed by atoms with Gasteiger partial charge in [0.2, 0.25) is 0 Å². The van der Waals surface area contributed by atoms with Crippen LogP contribution in [0, 0.1) is 5.82 Å². The second-order valence-electron chi connectivity index (χ2n) is 6.35. The standard InChI is InChI=1S/C17H23FN2O2S/c18-16-5-3-15(4-6-16)2-1-8-19-9-11-20(12-10-19)17-7-13-23(21,22)14-17/h1-6,17H,7-14H2/b2-1+/t17-/m0/s1. The molecule has 0 N–H and O–H groups in total. The first-order valence-corrected chi connectivity index (χ1v) is 9.93. The van der Waals surface area contributed by atoms with E-state index >= 15 is 0 Å². The summed E-state index contributed by atoms with van der Waals surface area (Å²) in [6, 6.07) is 6.69. The Labute approximate surface area is 137 Å². The summed E-state index contributed by atoms with van der Waals surface area (Å²) in [5.74, 6) is 0.461. The van der Waals surface area contributed by atoms with Crippen LogP contribution in [0.15, 0.2) is 30.3 Å². The van der Waals surface area contributed by atoms with Crippen molar-refractivity contribution in [2.24, 2.45) is 0 Å². The highest BCUT2D eigenvalue weighted by Crippen LogP contribution is 2.19. The number of nitrogens with zero attached hydrogens (tertiary/aromatic N) is 2. The average molecular weight is 338 g/mol. The Balaban J connectivity index is 1.43. The Morgan fingerprint density at radius 1 is 1.13 bits per heavy atom. The molecular weight excluding hydrogens is 315 g/mol. The van der Waals surface area contributed by atoms with Crippen LogP contribution >= 0.6 is 0 Å². The van der Waals surface area contributed by atoms with Crippen LogP contribution in [0.25, 0.3) is 6.08 Å². The second kappa shape index (κ2) is 7.11. The third-order valence-electron chi connectivity index (χ3n) is 4.68. The minimum absolute atomic E-state index is 0.216. The molecule has 2 fully saturated rings. The van der Waals surface area contributed by atoms with Crippen LogP contribution in [0.2, 0.25) is 0 Å². The molecule has 0 amide bonds. The number of hydrogen-bond acceptors (Lipinski definition) is 4. The van der Waals surface area contributed by atoms with Crippen molar-refractivity contribution >= 4 is 15.9 Å². The van der Waals surface area contributed by atoms with Gasteiger partial charge in [0.25, 0.3) is 0 Å². The van der Waals surface area contributed by atoms with Crippen molar-refractivity contribution in [1.82, 2.24) is 9.80 Å². The molecule has 3 rings (SSSR count). The van der Waals surface area contributed by atoms with Gasteiger partial charge < -0.3 is 0 Å². The monoisotopic (exact) mass is 338 g/mol. The number of halogens is 1. The smallest absolute Gasteiger partial charge is 0.151 e. The molecule has 0 saturated carbocycles. The lowest BCUT2D eigenvalue weighted by atomic mass is 10.2. The quantitative estimate of drug-likeness (QED) is 0.837. The van der Waals surface area contributed by atoms with Crippen LogP contribution in [0.3, 0.4) is 0 Å². The molecule has 2 heterocycles. The molecule has 126 valence electrons. The maximum absolute atomic E-state index is 12.8. The van der Waals surface area contributed by atoms with E-state index in [4.69, 9.17) is 0 Å². The van der Waals surface area contributed by atoms with Crippen LogP contribution in [0.4, 0.5) is 4.39 Å². The molecule has 2 saturated heterocycles. The van der Waals surface area contributed by atoms with Crippen LogP contribution < -0.4 is 0 Å². The summed E-state index contributed by atoms with van der Waals surface area (Å²) in [7, 11) is -2.80. The molecule has 23 heavy (non-hydrogen) atoms. The molecule has 6 heteroatoms. The molecule has 0 aliphatic carbocycles. The lowest BCUT2D eigenvalue weighted by Gasteiger charge is -2.37. The van der Waals surface area contributed by atoms with Gasteiger partial charge >= 0.3 is 0 Å². The minimum atomic E-state index is -2.80. The molecule has 0 bridgehead atoms. The third kappa shape index (κ3) is 4.62. The SMILES string of the molecule is O=S1(=O)CC[C@H](N2CCN(C/C=C/c3ccc(F)cc3)CC2)C1. The fraction of sp³-hybridized carbons (Fsp3) is 0.529. The van der Waals surface area contributed by atoms with E-state index in [9.17, 15) is 12.8 Å². The van der Waals surface area contributed by atoms with Crippen LogP contribution in [0.1, 0.15) is 12.0 Å². The van der Waals surface area contributed by atoms with Crippen molar-refractivity contribution in [2.45, 2.75) is 12.5 Å². The summed E-state index contributed by atoms with van der Waals surface area (Å²) >= 11 is 0. The molecule has 2 aliphatic heterocycles. The van der Waals surface area contributed by atoms with Crippen LogP contribution in [0.5, 0.6) is 0 Å². The fourth-order valence-corrected chi connectivity index (χ4v) is 5.05. The van der Waals surface area contributed by atoms with Crippen LogP contribution in [-0.2, 0) is 9.84 Å². The number of sulfone groups is 1. The number of piperazine rings is 1. The number of rotatable bonds is 4. The van der Waals surface area contributed by atoms with Gasteiger partial charge in [-0.3, -0.25) is 9.80 Å². The molecule has 1 aromatic carbocycles. The van der Waals surface area contributed by atoms with E-state index in [1.165, 1.54) is 12.1 Å². The zero-order chi connectivity index (χ0) is 16.3.